The van der Waals surface area contributed by atoms with Gasteiger partial charge in [0.2, 0.25) is 0 Å². The molecule has 17 aromatic rings. The predicted octanol–water partition coefficient (Wildman–Crippen LogP) is 22.8. The van der Waals surface area contributed by atoms with Gasteiger partial charge in [0.25, 0.3) is 0 Å². The van der Waals surface area contributed by atoms with Crippen LogP contribution < -0.4 is 0 Å². The van der Waals surface area contributed by atoms with E-state index in [1.807, 2.05) is 0 Å². The van der Waals surface area contributed by atoms with E-state index in [-0.39, 0.29) is 0 Å². The summed E-state index contributed by atoms with van der Waals surface area (Å²) in [5.41, 5.74) is 14.4. The average molecular weight is 1030 g/mol. The molecule has 1 nitrogen and oxygen atoms in total. The Bertz CT molecular complexity index is 5210. The van der Waals surface area contributed by atoms with Crippen LogP contribution >= 0.6 is 0 Å². The van der Waals surface area contributed by atoms with Crippen LogP contribution in [0.1, 0.15) is 0 Å². The highest BCUT2D eigenvalue weighted by atomic mass is 16.3. The molecule has 0 aliphatic carbocycles. The van der Waals surface area contributed by atoms with Crippen LogP contribution in [0.5, 0.6) is 0 Å². The van der Waals surface area contributed by atoms with Gasteiger partial charge in [0, 0.05) is 16.2 Å². The second-order valence-electron chi connectivity index (χ2n) is 21.3. The number of fused-ring (bicyclic) bond motifs is 14. The lowest BCUT2D eigenvalue weighted by atomic mass is 9.83. The average Bonchev–Trinajstić information content (AvgIpc) is 3.96. The standard InChI is InChI=1S/C42H26O.C38H24/c1-2-11-27(12-3-1)28-21-23-30(24-22-28)39-32-15-6-8-17-34(32)40(35-18-9-7-16-33(35)39)36-19-10-20-38-41(36)37-26-25-29-13-4-5-14-31(29)42(37)43-38;1-2-13-26(14-3-1)36-31-18-8-10-20-33(31)38(34-21-11-9-19-32(34)36)35-24-27-23-22-25-12-4-5-15-28(25)37(27)30-17-7-6-16-29(30)35/h1-26H;1-24H. The van der Waals surface area contributed by atoms with Crippen molar-refractivity contribution < 1.29 is 4.42 Å². The molecule has 0 fully saturated rings. The fraction of sp³-hybridized carbons (Fsp3) is 0. The number of hydrogen-bond acceptors (Lipinski definition) is 1. The fourth-order valence-electron chi connectivity index (χ4n) is 13.4. The van der Waals surface area contributed by atoms with Crippen molar-refractivity contribution >= 4 is 108 Å². The Balaban J connectivity index is 0.000000135. The zero-order valence-corrected chi connectivity index (χ0v) is 44.3. The molecule has 16 aromatic carbocycles. The highest BCUT2D eigenvalue weighted by Gasteiger charge is 2.22. The van der Waals surface area contributed by atoms with E-state index >= 15 is 0 Å². The van der Waals surface area contributed by atoms with Crippen molar-refractivity contribution in [2.75, 3.05) is 0 Å². The van der Waals surface area contributed by atoms with Crippen molar-refractivity contribution in [2.24, 2.45) is 0 Å². The van der Waals surface area contributed by atoms with Crippen LogP contribution in [0, 0.1) is 0 Å². The largest absolute Gasteiger partial charge is 0.455 e. The lowest BCUT2D eigenvalue weighted by molar-refractivity contribution is 0.673. The van der Waals surface area contributed by atoms with Crippen molar-refractivity contribution in [3.63, 3.8) is 0 Å². The van der Waals surface area contributed by atoms with Gasteiger partial charge in [-0.25, -0.2) is 0 Å². The molecular formula is C80H50O. The third-order valence-corrected chi connectivity index (χ3v) is 16.9. The Labute approximate surface area is 468 Å². The molecule has 0 bridgehead atoms. The number of furan rings is 1. The number of hydrogen-bond donors (Lipinski definition) is 0. The highest BCUT2D eigenvalue weighted by Crippen LogP contribution is 2.50. The van der Waals surface area contributed by atoms with Crippen molar-refractivity contribution in [1.82, 2.24) is 0 Å². The van der Waals surface area contributed by atoms with Gasteiger partial charge in [-0.3, -0.25) is 0 Å². The fourth-order valence-corrected chi connectivity index (χ4v) is 13.4. The van der Waals surface area contributed by atoms with Gasteiger partial charge >= 0.3 is 0 Å². The molecule has 1 heterocycles. The monoisotopic (exact) mass is 1030 g/mol. The first-order chi connectivity index (χ1) is 40.2. The van der Waals surface area contributed by atoms with E-state index in [0.29, 0.717) is 0 Å². The maximum atomic E-state index is 6.59. The van der Waals surface area contributed by atoms with Gasteiger partial charge < -0.3 is 4.42 Å². The lowest BCUT2D eigenvalue weighted by Crippen LogP contribution is -1.92. The van der Waals surface area contributed by atoms with Crippen LogP contribution in [0.25, 0.3) is 164 Å². The van der Waals surface area contributed by atoms with Crippen molar-refractivity contribution in [1.29, 1.82) is 0 Å². The molecule has 0 amide bonds. The molecule has 0 saturated carbocycles. The highest BCUT2D eigenvalue weighted by molar-refractivity contribution is 6.30. The smallest absolute Gasteiger partial charge is 0.143 e. The van der Waals surface area contributed by atoms with Crippen LogP contribution in [-0.2, 0) is 0 Å². The van der Waals surface area contributed by atoms with Gasteiger partial charge in [-0.1, -0.05) is 285 Å². The van der Waals surface area contributed by atoms with E-state index in [4.69, 9.17) is 4.42 Å². The van der Waals surface area contributed by atoms with E-state index in [9.17, 15) is 0 Å². The van der Waals surface area contributed by atoms with Crippen molar-refractivity contribution in [3.05, 3.63) is 303 Å². The summed E-state index contributed by atoms with van der Waals surface area (Å²) in [5, 5.41) is 22.6. The minimum absolute atomic E-state index is 0.914. The molecule has 1 heteroatoms. The summed E-state index contributed by atoms with van der Waals surface area (Å²) < 4.78 is 6.59. The maximum Gasteiger partial charge on any atom is 0.143 e. The first-order valence-electron chi connectivity index (χ1n) is 28.0. The predicted molar refractivity (Wildman–Crippen MR) is 347 cm³/mol. The Morgan fingerprint density at radius 3 is 1.14 bits per heavy atom. The molecule has 0 spiro atoms. The summed E-state index contributed by atoms with van der Waals surface area (Å²) in [7, 11) is 0. The van der Waals surface area contributed by atoms with E-state index < -0.39 is 0 Å². The third kappa shape index (κ3) is 7.55. The molecule has 0 aliphatic rings. The Hall–Kier alpha value is -10.6. The van der Waals surface area contributed by atoms with Crippen LogP contribution in [0.3, 0.4) is 0 Å². The van der Waals surface area contributed by atoms with E-state index in [2.05, 4.69) is 303 Å². The summed E-state index contributed by atoms with van der Waals surface area (Å²) in [4.78, 5) is 0. The minimum atomic E-state index is 0.914. The third-order valence-electron chi connectivity index (χ3n) is 16.9. The number of rotatable bonds is 5. The zero-order chi connectivity index (χ0) is 53.4. The Kier molecular flexibility index (Phi) is 11.0. The first kappa shape index (κ1) is 46.5. The number of benzene rings is 16. The van der Waals surface area contributed by atoms with Gasteiger partial charge in [-0.15, -0.1) is 0 Å². The van der Waals surface area contributed by atoms with Crippen molar-refractivity contribution in [2.45, 2.75) is 0 Å². The molecule has 0 aliphatic heterocycles. The molecule has 0 unspecified atom stereocenters. The Morgan fingerprint density at radius 2 is 0.568 bits per heavy atom. The summed E-state index contributed by atoms with van der Waals surface area (Å²) in [6.07, 6.45) is 0. The molecule has 0 atom stereocenters. The molecule has 376 valence electrons. The second-order valence-corrected chi connectivity index (χ2v) is 21.3. The van der Waals surface area contributed by atoms with Gasteiger partial charge in [-0.2, -0.15) is 0 Å². The van der Waals surface area contributed by atoms with Crippen LogP contribution in [-0.4, -0.2) is 0 Å². The summed E-state index contributed by atoms with van der Waals surface area (Å²) in [6.45, 7) is 0. The summed E-state index contributed by atoms with van der Waals surface area (Å²) in [5.74, 6) is 0. The summed E-state index contributed by atoms with van der Waals surface area (Å²) in [6, 6.07) is 110. The molecule has 17 rings (SSSR count). The summed E-state index contributed by atoms with van der Waals surface area (Å²) >= 11 is 0. The van der Waals surface area contributed by atoms with E-state index in [0.717, 1.165) is 21.9 Å². The molecule has 0 radical (unpaired) electrons. The topological polar surface area (TPSA) is 13.1 Å². The van der Waals surface area contributed by atoms with Crippen molar-refractivity contribution in [3.8, 4) is 55.6 Å². The second kappa shape index (κ2) is 19.1. The SMILES string of the molecule is c1ccc(-c2c3ccccc3c(-c3cc4ccc5ccccc5c4c4ccccc34)c3ccccc23)cc1.c1ccc(-c2ccc(-c3c4ccccc4c(-c4cccc5oc6c7ccccc7ccc6c45)c4ccccc34)cc2)cc1. The van der Waals surface area contributed by atoms with Crippen LogP contribution in [0.4, 0.5) is 0 Å². The van der Waals surface area contributed by atoms with Crippen LogP contribution in [0.15, 0.2) is 308 Å². The molecule has 0 N–H and O–H groups in total. The van der Waals surface area contributed by atoms with Gasteiger partial charge in [0.05, 0.1) is 0 Å². The van der Waals surface area contributed by atoms with E-state index in [1.54, 1.807) is 0 Å². The maximum absolute atomic E-state index is 6.59. The quantitative estimate of drug-likeness (QED) is 0.124. The molecule has 81 heavy (non-hydrogen) atoms. The first-order valence-corrected chi connectivity index (χ1v) is 28.0. The lowest BCUT2D eigenvalue weighted by Gasteiger charge is -2.20. The molecular weight excluding hydrogens is 977 g/mol. The zero-order valence-electron chi connectivity index (χ0n) is 44.3. The van der Waals surface area contributed by atoms with Gasteiger partial charge in [-0.05, 0) is 155 Å². The van der Waals surface area contributed by atoms with E-state index in [1.165, 1.54) is 142 Å². The van der Waals surface area contributed by atoms with Gasteiger partial charge in [0.1, 0.15) is 11.2 Å². The Morgan fingerprint density at radius 1 is 0.185 bits per heavy atom. The molecule has 1 aromatic heterocycles. The molecule has 0 saturated heterocycles. The van der Waals surface area contributed by atoms with Gasteiger partial charge in [0.15, 0.2) is 0 Å². The minimum Gasteiger partial charge on any atom is -0.455 e. The van der Waals surface area contributed by atoms with Crippen LogP contribution in [0.2, 0.25) is 0 Å². The normalized spacial score (nSPS) is 11.7.